The summed E-state index contributed by atoms with van der Waals surface area (Å²) in [6.45, 7) is 5.54. The van der Waals surface area contributed by atoms with Crippen LogP contribution < -0.4 is 0 Å². The first-order valence-electron chi connectivity index (χ1n) is 3.97. The molecule has 0 spiro atoms. The van der Waals surface area contributed by atoms with Crippen molar-refractivity contribution in [1.82, 2.24) is 0 Å². The van der Waals surface area contributed by atoms with Crippen molar-refractivity contribution in [1.29, 1.82) is 0 Å². The van der Waals surface area contributed by atoms with E-state index in [1.807, 2.05) is 20.8 Å². The molecule has 0 radical (unpaired) electrons. The van der Waals surface area contributed by atoms with Gasteiger partial charge in [0.2, 0.25) is 0 Å². The average molecular weight is 205 g/mol. The summed E-state index contributed by atoms with van der Waals surface area (Å²) in [5, 5.41) is -0.0358. The summed E-state index contributed by atoms with van der Waals surface area (Å²) in [5.41, 5.74) is 0.0698. The Morgan fingerprint density at radius 1 is 1.08 bits per heavy atom. The number of benzene rings is 1. The topological polar surface area (TPSA) is 0 Å². The van der Waals surface area contributed by atoms with Crippen LogP contribution in [0.25, 0.3) is 0 Å². The van der Waals surface area contributed by atoms with Crippen LogP contribution in [-0.4, -0.2) is 0 Å². The van der Waals surface area contributed by atoms with Crippen molar-refractivity contribution >= 4 is 11.6 Å². The second kappa shape index (κ2) is 3.26. The van der Waals surface area contributed by atoms with Crippen molar-refractivity contribution < 1.29 is 8.78 Å². The van der Waals surface area contributed by atoms with Crippen molar-refractivity contribution in [3.63, 3.8) is 0 Å². The van der Waals surface area contributed by atoms with E-state index >= 15 is 0 Å². The number of rotatable bonds is 0. The normalized spacial score (nSPS) is 11.8. The van der Waals surface area contributed by atoms with Gasteiger partial charge in [0, 0.05) is 6.07 Å². The Morgan fingerprint density at radius 3 is 2.08 bits per heavy atom. The van der Waals surface area contributed by atoms with Gasteiger partial charge in [-0.2, -0.15) is 0 Å². The maximum absolute atomic E-state index is 13.2. The van der Waals surface area contributed by atoms with E-state index in [9.17, 15) is 8.78 Å². The molecule has 0 aliphatic rings. The molecular weight excluding hydrogens is 194 g/mol. The van der Waals surface area contributed by atoms with E-state index < -0.39 is 11.6 Å². The lowest BCUT2D eigenvalue weighted by Gasteiger charge is -2.19. The predicted octanol–water partition coefficient (Wildman–Crippen LogP) is 3.92. The van der Waals surface area contributed by atoms with Gasteiger partial charge in [-0.1, -0.05) is 32.4 Å². The third-order valence-electron chi connectivity index (χ3n) is 1.82. The molecule has 0 aliphatic heterocycles. The molecule has 0 heterocycles. The fourth-order valence-corrected chi connectivity index (χ4v) is 1.26. The minimum atomic E-state index is -0.716. The fraction of sp³-hybridized carbons (Fsp3) is 0.400. The third-order valence-corrected chi connectivity index (χ3v) is 2.11. The van der Waals surface area contributed by atoms with Crippen LogP contribution in [0.3, 0.4) is 0 Å². The van der Waals surface area contributed by atoms with Crippen LogP contribution in [0, 0.1) is 11.6 Å². The maximum Gasteiger partial charge on any atom is 0.144 e. The molecule has 1 rings (SSSR count). The molecule has 0 saturated heterocycles. The quantitative estimate of drug-likeness (QED) is 0.562. The molecule has 0 N–H and O–H groups in total. The van der Waals surface area contributed by atoms with E-state index in [2.05, 4.69) is 0 Å². The van der Waals surface area contributed by atoms with Crippen molar-refractivity contribution in [2.24, 2.45) is 0 Å². The van der Waals surface area contributed by atoms with E-state index in [-0.39, 0.29) is 10.4 Å². The first-order chi connectivity index (χ1) is 5.82. The zero-order valence-electron chi connectivity index (χ0n) is 7.79. The van der Waals surface area contributed by atoms with Crippen LogP contribution in [0.2, 0.25) is 5.02 Å². The highest BCUT2D eigenvalue weighted by atomic mass is 35.5. The van der Waals surface area contributed by atoms with Gasteiger partial charge in [0.25, 0.3) is 0 Å². The second-order valence-corrected chi connectivity index (χ2v) is 4.40. The van der Waals surface area contributed by atoms with Crippen molar-refractivity contribution in [2.75, 3.05) is 0 Å². The van der Waals surface area contributed by atoms with Crippen molar-refractivity contribution in [2.45, 2.75) is 26.2 Å². The third kappa shape index (κ3) is 2.19. The van der Waals surface area contributed by atoms with Crippen LogP contribution in [0.5, 0.6) is 0 Å². The lowest BCUT2D eigenvalue weighted by Crippen LogP contribution is -2.13. The summed E-state index contributed by atoms with van der Waals surface area (Å²) in [7, 11) is 0. The Kier molecular flexibility index (Phi) is 2.62. The van der Waals surface area contributed by atoms with Crippen LogP contribution in [0.4, 0.5) is 8.78 Å². The van der Waals surface area contributed by atoms with Crippen LogP contribution in [-0.2, 0) is 5.41 Å². The van der Waals surface area contributed by atoms with Crippen LogP contribution >= 0.6 is 11.6 Å². The highest BCUT2D eigenvalue weighted by molar-refractivity contribution is 6.30. The van der Waals surface area contributed by atoms with Crippen molar-refractivity contribution in [3.8, 4) is 0 Å². The Bertz CT molecular complexity index is 326. The first-order valence-corrected chi connectivity index (χ1v) is 4.35. The van der Waals surface area contributed by atoms with Gasteiger partial charge in [-0.15, -0.1) is 0 Å². The molecule has 0 fully saturated rings. The summed E-state index contributed by atoms with van der Waals surface area (Å²) >= 11 is 5.55. The zero-order valence-corrected chi connectivity index (χ0v) is 8.54. The highest BCUT2D eigenvalue weighted by Gasteiger charge is 2.20. The molecule has 0 amide bonds. The molecule has 0 aromatic heterocycles. The summed E-state index contributed by atoms with van der Waals surface area (Å²) in [4.78, 5) is 0. The summed E-state index contributed by atoms with van der Waals surface area (Å²) in [6.07, 6.45) is 0. The number of halogens is 3. The van der Waals surface area contributed by atoms with Gasteiger partial charge in [0.15, 0.2) is 0 Å². The van der Waals surface area contributed by atoms with E-state index in [0.717, 1.165) is 6.07 Å². The van der Waals surface area contributed by atoms with Gasteiger partial charge >= 0.3 is 0 Å². The maximum atomic E-state index is 13.2. The Labute approximate surface area is 81.5 Å². The Balaban J connectivity index is 3.32. The summed E-state index contributed by atoms with van der Waals surface area (Å²) < 4.78 is 26.0. The fourth-order valence-electron chi connectivity index (χ4n) is 1.10. The minimum absolute atomic E-state index is 0.0358. The highest BCUT2D eigenvalue weighted by Crippen LogP contribution is 2.29. The Morgan fingerprint density at radius 2 is 1.62 bits per heavy atom. The van der Waals surface area contributed by atoms with E-state index in [1.54, 1.807) is 0 Å². The molecule has 0 aliphatic carbocycles. The average Bonchev–Trinajstić information content (AvgIpc) is 1.94. The second-order valence-electron chi connectivity index (χ2n) is 4.00. The minimum Gasteiger partial charge on any atom is -0.207 e. The van der Waals surface area contributed by atoms with Gasteiger partial charge in [0.05, 0.1) is 5.02 Å². The summed E-state index contributed by atoms with van der Waals surface area (Å²) in [6, 6.07) is 2.16. The molecule has 1 aromatic rings. The van der Waals surface area contributed by atoms with Crippen LogP contribution in [0.1, 0.15) is 26.3 Å². The molecule has 13 heavy (non-hydrogen) atoms. The molecule has 0 nitrogen and oxygen atoms in total. The zero-order chi connectivity index (χ0) is 10.2. The smallest absolute Gasteiger partial charge is 0.144 e. The molecule has 3 heteroatoms. The molecule has 0 bridgehead atoms. The molecule has 0 atom stereocenters. The van der Waals surface area contributed by atoms with E-state index in [0.29, 0.717) is 5.56 Å². The molecule has 72 valence electrons. The van der Waals surface area contributed by atoms with Gasteiger partial charge in [0.1, 0.15) is 11.6 Å². The van der Waals surface area contributed by atoms with Gasteiger partial charge in [-0.05, 0) is 17.0 Å². The van der Waals surface area contributed by atoms with Crippen molar-refractivity contribution in [3.05, 3.63) is 34.4 Å². The lowest BCUT2D eigenvalue weighted by molar-refractivity contribution is 0.511. The van der Waals surface area contributed by atoms with Gasteiger partial charge in [-0.25, -0.2) is 8.78 Å². The Hall–Kier alpha value is -0.630. The molecule has 0 unspecified atom stereocenters. The van der Waals surface area contributed by atoms with E-state index in [1.165, 1.54) is 6.07 Å². The molecule has 1 aromatic carbocycles. The van der Waals surface area contributed by atoms with Gasteiger partial charge < -0.3 is 0 Å². The largest absolute Gasteiger partial charge is 0.207 e. The lowest BCUT2D eigenvalue weighted by atomic mass is 9.87. The SMILES string of the molecule is CC(C)(C)c1cc(Cl)c(F)cc1F. The van der Waals surface area contributed by atoms with Gasteiger partial charge in [-0.3, -0.25) is 0 Å². The number of hydrogen-bond donors (Lipinski definition) is 0. The molecular formula is C10H11ClF2. The standard InChI is InChI=1S/C10H11ClF2/c1-10(2,3)6-4-7(11)9(13)5-8(6)12/h4-5H,1-3H3. The van der Waals surface area contributed by atoms with Crippen LogP contribution in [0.15, 0.2) is 12.1 Å². The predicted molar refractivity (Wildman–Crippen MR) is 50.1 cm³/mol. The first kappa shape index (κ1) is 10.5. The molecule has 0 saturated carbocycles. The summed E-state index contributed by atoms with van der Waals surface area (Å²) in [5.74, 6) is -1.26. The number of hydrogen-bond acceptors (Lipinski definition) is 0. The van der Waals surface area contributed by atoms with E-state index in [4.69, 9.17) is 11.6 Å². The monoisotopic (exact) mass is 204 g/mol.